The molecule has 0 aliphatic heterocycles. The van der Waals surface area contributed by atoms with Crippen molar-refractivity contribution in [3.8, 4) is 23.0 Å². The predicted molar refractivity (Wildman–Crippen MR) is 90.2 cm³/mol. The lowest BCUT2D eigenvalue weighted by Crippen LogP contribution is -2.21. The van der Waals surface area contributed by atoms with Crippen LogP contribution in [0.25, 0.3) is 0 Å². The average Bonchev–Trinajstić information content (AvgIpc) is 2.54. The van der Waals surface area contributed by atoms with Crippen LogP contribution in [0.1, 0.15) is 17.2 Å². The number of benzene rings is 2. The van der Waals surface area contributed by atoms with Crippen LogP contribution in [0, 0.1) is 0 Å². The molecule has 0 saturated carbocycles. The van der Waals surface area contributed by atoms with E-state index in [1.165, 1.54) is 0 Å². The number of hydrogen-bond donors (Lipinski definition) is 1. The fourth-order valence-electron chi connectivity index (χ4n) is 2.70. The lowest BCUT2D eigenvalue weighted by Gasteiger charge is -2.19. The molecule has 196 valence electrons. The molecule has 2 rings (SSSR count). The SMILES string of the molecule is N[C@@H](Cc1cc(OC(F)(F)F)cc(OC(F)(F)F)c1)c1cc(OC(F)(F)F)cc(OC(F)(F)F)c1. The van der Waals surface area contributed by atoms with Crippen molar-refractivity contribution in [2.45, 2.75) is 37.9 Å². The predicted octanol–water partition coefficient (Wildman–Crippen LogP) is 6.52. The molecule has 0 aromatic heterocycles. The zero-order valence-electron chi connectivity index (χ0n) is 16.5. The minimum Gasteiger partial charge on any atom is -0.406 e. The average molecular weight is 533 g/mol. The van der Waals surface area contributed by atoms with Crippen molar-refractivity contribution in [2.75, 3.05) is 0 Å². The molecule has 0 unspecified atom stereocenters. The highest BCUT2D eigenvalue weighted by atomic mass is 19.4. The second-order valence-corrected chi connectivity index (χ2v) is 6.55. The smallest absolute Gasteiger partial charge is 0.406 e. The van der Waals surface area contributed by atoms with Crippen LogP contribution >= 0.6 is 0 Å². The Hall–Kier alpha value is -3.24. The third-order valence-corrected chi connectivity index (χ3v) is 3.66. The normalized spacial score (nSPS) is 13.9. The van der Waals surface area contributed by atoms with Crippen molar-refractivity contribution in [3.63, 3.8) is 0 Å². The van der Waals surface area contributed by atoms with Crippen LogP contribution in [0.2, 0.25) is 0 Å². The van der Waals surface area contributed by atoms with Gasteiger partial charge in [0.15, 0.2) is 0 Å². The zero-order chi connectivity index (χ0) is 26.8. The number of alkyl halides is 12. The first-order valence-electron chi connectivity index (χ1n) is 8.75. The quantitative estimate of drug-likeness (QED) is 0.411. The summed E-state index contributed by atoms with van der Waals surface area (Å²) in [6.07, 6.45) is -22.0. The Bertz CT molecular complexity index is 946. The molecule has 5 nitrogen and oxygen atoms in total. The van der Waals surface area contributed by atoms with Crippen molar-refractivity contribution in [3.05, 3.63) is 47.5 Å². The van der Waals surface area contributed by atoms with Crippen LogP contribution < -0.4 is 24.7 Å². The molecule has 0 radical (unpaired) electrons. The van der Waals surface area contributed by atoms with Crippen molar-refractivity contribution in [1.82, 2.24) is 0 Å². The number of ether oxygens (including phenoxy) is 4. The topological polar surface area (TPSA) is 62.9 Å². The number of nitrogens with two attached hydrogens (primary N) is 1. The summed E-state index contributed by atoms with van der Waals surface area (Å²) in [5.74, 6) is -4.67. The Kier molecular flexibility index (Phi) is 7.83. The van der Waals surface area contributed by atoms with Gasteiger partial charge in [0, 0.05) is 18.2 Å². The van der Waals surface area contributed by atoms with E-state index in [2.05, 4.69) is 18.9 Å². The van der Waals surface area contributed by atoms with Gasteiger partial charge in [-0.1, -0.05) is 0 Å². The molecule has 0 spiro atoms. The van der Waals surface area contributed by atoms with Crippen molar-refractivity contribution in [1.29, 1.82) is 0 Å². The highest BCUT2D eigenvalue weighted by molar-refractivity contribution is 5.42. The molecule has 35 heavy (non-hydrogen) atoms. The highest BCUT2D eigenvalue weighted by Crippen LogP contribution is 2.35. The summed E-state index contributed by atoms with van der Waals surface area (Å²) in [5, 5.41) is 0. The number of halogens is 12. The molecular weight excluding hydrogens is 522 g/mol. The first kappa shape index (κ1) is 28.0. The molecule has 0 bridgehead atoms. The molecular formula is C18H11F12NO4. The Labute approximate surface area is 186 Å². The van der Waals surface area contributed by atoms with Gasteiger partial charge in [-0.15, -0.1) is 52.7 Å². The summed E-state index contributed by atoms with van der Waals surface area (Å²) in [6, 6.07) is 1.24. The van der Waals surface area contributed by atoms with Crippen LogP contribution in [0.5, 0.6) is 23.0 Å². The second-order valence-electron chi connectivity index (χ2n) is 6.55. The molecule has 0 fully saturated rings. The zero-order valence-corrected chi connectivity index (χ0v) is 16.5. The van der Waals surface area contributed by atoms with Gasteiger partial charge in [0.2, 0.25) is 0 Å². The van der Waals surface area contributed by atoms with Crippen LogP contribution in [-0.2, 0) is 6.42 Å². The first-order chi connectivity index (χ1) is 15.7. The lowest BCUT2D eigenvalue weighted by atomic mass is 9.99. The van der Waals surface area contributed by atoms with Gasteiger partial charge >= 0.3 is 25.4 Å². The Morgan fingerprint density at radius 1 is 0.514 bits per heavy atom. The van der Waals surface area contributed by atoms with Gasteiger partial charge in [-0.05, 0) is 41.8 Å². The van der Waals surface area contributed by atoms with E-state index in [1.807, 2.05) is 0 Å². The van der Waals surface area contributed by atoms with E-state index in [-0.39, 0.29) is 12.1 Å². The Morgan fingerprint density at radius 3 is 1.09 bits per heavy atom. The number of hydrogen-bond acceptors (Lipinski definition) is 5. The summed E-state index contributed by atoms with van der Waals surface area (Å²) in [7, 11) is 0. The van der Waals surface area contributed by atoms with E-state index in [1.54, 1.807) is 0 Å². The van der Waals surface area contributed by atoms with Crippen molar-refractivity contribution < 1.29 is 71.6 Å². The second kappa shape index (κ2) is 9.79. The van der Waals surface area contributed by atoms with Crippen LogP contribution in [0.3, 0.4) is 0 Å². The maximum atomic E-state index is 12.5. The molecule has 0 heterocycles. The van der Waals surface area contributed by atoms with Gasteiger partial charge in [0.25, 0.3) is 0 Å². The molecule has 17 heteroatoms. The summed E-state index contributed by atoms with van der Waals surface area (Å²) < 4.78 is 164. The highest BCUT2D eigenvalue weighted by Gasteiger charge is 2.35. The van der Waals surface area contributed by atoms with Gasteiger partial charge in [-0.25, -0.2) is 0 Å². The lowest BCUT2D eigenvalue weighted by molar-refractivity contribution is -0.278. The molecule has 2 aromatic rings. The van der Waals surface area contributed by atoms with Gasteiger partial charge in [0.05, 0.1) is 0 Å². The molecule has 0 aliphatic carbocycles. The fourth-order valence-corrected chi connectivity index (χ4v) is 2.70. The standard InChI is InChI=1S/C18H11F12NO4/c19-15(20,21)32-10-1-8(2-11(6-10)33-16(22,23)24)3-14(31)9-4-12(34-17(25,26)27)7-13(5-9)35-18(28,29)30/h1-2,4-7,14H,3,31H2/t14-/m0/s1. The maximum Gasteiger partial charge on any atom is 0.573 e. The van der Waals surface area contributed by atoms with Crippen molar-refractivity contribution >= 4 is 0 Å². The van der Waals surface area contributed by atoms with Gasteiger partial charge in [0.1, 0.15) is 23.0 Å². The van der Waals surface area contributed by atoms with E-state index in [0.717, 1.165) is 0 Å². The first-order valence-corrected chi connectivity index (χ1v) is 8.75. The fraction of sp³-hybridized carbons (Fsp3) is 0.333. The molecule has 1 atom stereocenters. The van der Waals surface area contributed by atoms with Gasteiger partial charge in [-0.3, -0.25) is 0 Å². The molecule has 0 saturated heterocycles. The maximum absolute atomic E-state index is 12.5. The largest absolute Gasteiger partial charge is 0.573 e. The van der Waals surface area contributed by atoms with E-state index in [4.69, 9.17) is 5.73 Å². The molecule has 0 amide bonds. The van der Waals surface area contributed by atoms with Crippen molar-refractivity contribution in [2.24, 2.45) is 5.73 Å². The summed E-state index contributed by atoms with van der Waals surface area (Å²) in [5.41, 5.74) is 4.85. The third kappa shape index (κ3) is 10.7. The van der Waals surface area contributed by atoms with E-state index < -0.39 is 72.0 Å². The molecule has 0 aliphatic rings. The van der Waals surface area contributed by atoms with Gasteiger partial charge < -0.3 is 24.7 Å². The minimum absolute atomic E-state index is 0.240. The summed E-state index contributed by atoms with van der Waals surface area (Å²) in [6.45, 7) is 0. The minimum atomic E-state index is -5.33. The van der Waals surface area contributed by atoms with Crippen LogP contribution in [0.4, 0.5) is 52.7 Å². The van der Waals surface area contributed by atoms with E-state index in [9.17, 15) is 52.7 Å². The molecule has 2 aromatic carbocycles. The van der Waals surface area contributed by atoms with E-state index >= 15 is 0 Å². The van der Waals surface area contributed by atoms with Crippen LogP contribution in [0.15, 0.2) is 36.4 Å². The Balaban J connectivity index is 2.43. The van der Waals surface area contributed by atoms with E-state index in [0.29, 0.717) is 24.3 Å². The summed E-state index contributed by atoms with van der Waals surface area (Å²) >= 11 is 0. The third-order valence-electron chi connectivity index (χ3n) is 3.66. The van der Waals surface area contributed by atoms with Crippen LogP contribution in [-0.4, -0.2) is 25.4 Å². The van der Waals surface area contributed by atoms with Gasteiger partial charge in [-0.2, -0.15) is 0 Å². The number of rotatable bonds is 7. The monoisotopic (exact) mass is 533 g/mol. The Morgan fingerprint density at radius 2 is 0.800 bits per heavy atom. The molecule has 2 N–H and O–H groups in total. The summed E-state index contributed by atoms with van der Waals surface area (Å²) in [4.78, 5) is 0.